The molecular formula is C17H22N6O4. The number of aryl methyl sites for hydroxylation is 1. The lowest BCUT2D eigenvalue weighted by atomic mass is 10.3. The summed E-state index contributed by atoms with van der Waals surface area (Å²) in [6, 6.07) is 8.20. The topological polar surface area (TPSA) is 126 Å². The van der Waals surface area contributed by atoms with Crippen molar-refractivity contribution in [2.45, 2.75) is 6.92 Å². The van der Waals surface area contributed by atoms with Gasteiger partial charge >= 0.3 is 12.1 Å². The number of carbonyl (C=O) groups excluding carboxylic acids is 2. The number of methoxy groups -OCH3 is 1. The molecule has 0 radical (unpaired) electrons. The van der Waals surface area contributed by atoms with Gasteiger partial charge in [-0.15, -0.1) is 0 Å². The first-order valence-electron chi connectivity index (χ1n) is 8.16. The first-order chi connectivity index (χ1) is 13.0. The molecule has 144 valence electrons. The van der Waals surface area contributed by atoms with Crippen molar-refractivity contribution in [2.75, 3.05) is 43.3 Å². The number of hydrogen-bond acceptors (Lipinski definition) is 7. The second kappa shape index (κ2) is 9.80. The molecule has 2 rings (SSSR count). The zero-order valence-corrected chi connectivity index (χ0v) is 15.3. The zero-order valence-electron chi connectivity index (χ0n) is 15.3. The Bertz CT molecular complexity index is 799. The largest absolute Gasteiger partial charge is 0.497 e. The smallest absolute Gasteiger partial charge is 0.406 e. The molecule has 4 N–H and O–H groups in total. The molecule has 0 spiro atoms. The van der Waals surface area contributed by atoms with Gasteiger partial charge in [-0.3, -0.25) is 5.32 Å². The summed E-state index contributed by atoms with van der Waals surface area (Å²) in [4.78, 5) is 31.5. The second-order valence-electron chi connectivity index (χ2n) is 5.34. The molecule has 0 bridgehead atoms. The summed E-state index contributed by atoms with van der Waals surface area (Å²) in [6.07, 6.45) is -0.507. The third-order valence-corrected chi connectivity index (χ3v) is 3.25. The van der Waals surface area contributed by atoms with Gasteiger partial charge in [0, 0.05) is 30.6 Å². The maximum atomic E-state index is 12.1. The van der Waals surface area contributed by atoms with Crippen molar-refractivity contribution < 1.29 is 19.1 Å². The minimum Gasteiger partial charge on any atom is -0.497 e. The molecule has 0 aliphatic heterocycles. The predicted octanol–water partition coefficient (Wildman–Crippen LogP) is 2.21. The van der Waals surface area contributed by atoms with Gasteiger partial charge in [0.05, 0.1) is 13.7 Å². The highest BCUT2D eigenvalue weighted by molar-refractivity contribution is 5.98. The molecular weight excluding hydrogens is 352 g/mol. The Balaban J connectivity index is 1.92. The molecule has 0 fully saturated rings. The molecule has 1 aromatic heterocycles. The molecule has 0 aliphatic rings. The van der Waals surface area contributed by atoms with Crippen LogP contribution < -0.4 is 26.0 Å². The van der Waals surface area contributed by atoms with Crippen LogP contribution in [0.2, 0.25) is 0 Å². The Morgan fingerprint density at radius 2 is 1.96 bits per heavy atom. The van der Waals surface area contributed by atoms with Crippen LogP contribution in [0, 0.1) is 6.92 Å². The van der Waals surface area contributed by atoms with Crippen LogP contribution in [0.1, 0.15) is 5.69 Å². The van der Waals surface area contributed by atoms with Crippen molar-refractivity contribution >= 4 is 29.6 Å². The van der Waals surface area contributed by atoms with Crippen LogP contribution in [0.4, 0.5) is 27.0 Å². The molecule has 1 aromatic carbocycles. The number of carbonyl (C=O) groups is 2. The molecule has 0 unspecified atom stereocenters. The fraction of sp³-hybridized carbons (Fsp3) is 0.294. The lowest BCUT2D eigenvalue weighted by Gasteiger charge is -2.11. The van der Waals surface area contributed by atoms with E-state index in [1.807, 2.05) is 0 Å². The molecule has 2 aromatic rings. The highest BCUT2D eigenvalue weighted by Gasteiger charge is 2.08. The van der Waals surface area contributed by atoms with E-state index in [4.69, 9.17) is 9.47 Å². The van der Waals surface area contributed by atoms with E-state index in [0.717, 1.165) is 0 Å². The minimum absolute atomic E-state index is 0.144. The van der Waals surface area contributed by atoms with Gasteiger partial charge in [-0.25, -0.2) is 14.6 Å². The second-order valence-corrected chi connectivity index (χ2v) is 5.34. The Hall–Kier alpha value is -3.56. The van der Waals surface area contributed by atoms with E-state index in [1.54, 1.807) is 44.4 Å². The lowest BCUT2D eigenvalue weighted by molar-refractivity contribution is 0.153. The minimum atomic E-state index is -0.507. The molecule has 10 nitrogen and oxygen atoms in total. The van der Waals surface area contributed by atoms with Gasteiger partial charge in [-0.05, 0) is 19.1 Å². The van der Waals surface area contributed by atoms with Gasteiger partial charge < -0.3 is 25.4 Å². The van der Waals surface area contributed by atoms with Crippen LogP contribution in [0.15, 0.2) is 30.3 Å². The Labute approximate surface area is 156 Å². The lowest BCUT2D eigenvalue weighted by Crippen LogP contribution is -2.23. The first-order valence-corrected chi connectivity index (χ1v) is 8.16. The number of urea groups is 1. The number of nitrogens with one attached hydrogen (secondary N) is 4. The third kappa shape index (κ3) is 6.69. The summed E-state index contributed by atoms with van der Waals surface area (Å²) < 4.78 is 9.99. The van der Waals surface area contributed by atoms with Crippen LogP contribution in [0.5, 0.6) is 5.75 Å². The Kier molecular flexibility index (Phi) is 7.17. The van der Waals surface area contributed by atoms with Crippen LogP contribution in [-0.4, -0.2) is 49.4 Å². The summed E-state index contributed by atoms with van der Waals surface area (Å²) in [5.41, 5.74) is 1.24. The quantitative estimate of drug-likeness (QED) is 0.547. The maximum absolute atomic E-state index is 12.1. The van der Waals surface area contributed by atoms with Crippen molar-refractivity contribution in [2.24, 2.45) is 0 Å². The number of nitrogens with zero attached hydrogens (tertiary/aromatic N) is 2. The van der Waals surface area contributed by atoms with E-state index in [2.05, 4.69) is 31.2 Å². The third-order valence-electron chi connectivity index (χ3n) is 3.25. The van der Waals surface area contributed by atoms with Crippen molar-refractivity contribution in [1.82, 2.24) is 15.3 Å². The van der Waals surface area contributed by atoms with Crippen LogP contribution >= 0.6 is 0 Å². The normalized spacial score (nSPS) is 9.89. The van der Waals surface area contributed by atoms with E-state index in [1.165, 1.54) is 7.05 Å². The van der Waals surface area contributed by atoms with E-state index in [0.29, 0.717) is 29.5 Å². The number of hydrogen-bond donors (Lipinski definition) is 4. The number of alkyl carbamates (subject to hydrolysis) is 1. The van der Waals surface area contributed by atoms with Gasteiger partial charge in [0.25, 0.3) is 0 Å². The zero-order chi connectivity index (χ0) is 19.6. The molecule has 1 heterocycles. The van der Waals surface area contributed by atoms with Crippen molar-refractivity contribution in [3.05, 3.63) is 36.0 Å². The highest BCUT2D eigenvalue weighted by atomic mass is 16.5. The molecule has 10 heteroatoms. The molecule has 3 amide bonds. The number of aromatic nitrogens is 2. The van der Waals surface area contributed by atoms with Crippen molar-refractivity contribution in [3.8, 4) is 5.75 Å². The summed E-state index contributed by atoms with van der Waals surface area (Å²) >= 11 is 0. The highest BCUT2D eigenvalue weighted by Crippen LogP contribution is 2.17. The van der Waals surface area contributed by atoms with E-state index in [-0.39, 0.29) is 12.6 Å². The van der Waals surface area contributed by atoms with Crippen LogP contribution in [-0.2, 0) is 4.74 Å². The van der Waals surface area contributed by atoms with E-state index in [9.17, 15) is 9.59 Å². The molecule has 0 atom stereocenters. The maximum Gasteiger partial charge on any atom is 0.406 e. The van der Waals surface area contributed by atoms with Gasteiger partial charge in [-0.2, -0.15) is 4.98 Å². The summed E-state index contributed by atoms with van der Waals surface area (Å²) in [5.74, 6) is 1.27. The molecule has 0 saturated carbocycles. The predicted molar refractivity (Wildman–Crippen MR) is 101 cm³/mol. The van der Waals surface area contributed by atoms with E-state index >= 15 is 0 Å². The standard InChI is InChI=1S/C17H22N6O4/c1-11-9-14(19-7-8-27-17(25)18-2)22-15(20-11)23-16(24)21-12-5-4-6-13(10-12)26-3/h4-6,9-10H,7-8H2,1-3H3,(H,18,25)(H3,19,20,21,22,23,24). The number of benzene rings is 1. The van der Waals surface area contributed by atoms with Crippen LogP contribution in [0.3, 0.4) is 0 Å². The number of amides is 3. The summed E-state index contributed by atoms with van der Waals surface area (Å²) in [5, 5.41) is 10.6. The van der Waals surface area contributed by atoms with Crippen LogP contribution in [0.25, 0.3) is 0 Å². The monoisotopic (exact) mass is 374 g/mol. The molecule has 0 aliphatic carbocycles. The fourth-order valence-electron chi connectivity index (χ4n) is 2.07. The average molecular weight is 374 g/mol. The van der Waals surface area contributed by atoms with Crippen molar-refractivity contribution in [3.63, 3.8) is 0 Å². The fourth-order valence-corrected chi connectivity index (χ4v) is 2.07. The average Bonchev–Trinajstić information content (AvgIpc) is 2.64. The van der Waals surface area contributed by atoms with Gasteiger partial charge in [0.15, 0.2) is 0 Å². The van der Waals surface area contributed by atoms with Gasteiger partial charge in [0.1, 0.15) is 18.2 Å². The number of ether oxygens (including phenoxy) is 2. The summed E-state index contributed by atoms with van der Waals surface area (Å²) in [7, 11) is 3.03. The first kappa shape index (κ1) is 19.8. The van der Waals surface area contributed by atoms with E-state index < -0.39 is 12.1 Å². The Morgan fingerprint density at radius 3 is 2.70 bits per heavy atom. The molecule has 27 heavy (non-hydrogen) atoms. The number of rotatable bonds is 7. The molecule has 0 saturated heterocycles. The van der Waals surface area contributed by atoms with Crippen molar-refractivity contribution in [1.29, 1.82) is 0 Å². The summed E-state index contributed by atoms with van der Waals surface area (Å²) in [6.45, 7) is 2.31. The number of anilines is 3. The SMILES string of the molecule is CNC(=O)OCCNc1cc(C)nc(NC(=O)Nc2cccc(OC)c2)n1. The van der Waals surface area contributed by atoms with Gasteiger partial charge in [-0.1, -0.05) is 6.07 Å². The van der Waals surface area contributed by atoms with Gasteiger partial charge in [0.2, 0.25) is 5.95 Å². The Morgan fingerprint density at radius 1 is 1.15 bits per heavy atom.